The third kappa shape index (κ3) is 3.52. The molecule has 0 bridgehead atoms. The first-order valence-electron chi connectivity index (χ1n) is 9.23. The highest BCUT2D eigenvalue weighted by Gasteiger charge is 2.47. The number of fused-ring (bicyclic) bond motifs is 1. The molecule has 4 rings (SSSR count). The van der Waals surface area contributed by atoms with Gasteiger partial charge in [0.05, 0.1) is 11.9 Å². The number of nitrogens with two attached hydrogens (primary N) is 1. The molecule has 1 amide bonds. The largest absolute Gasteiger partial charge is 0.342 e. The average molecular weight is 409 g/mol. The van der Waals surface area contributed by atoms with E-state index in [1.54, 1.807) is 12.1 Å². The second-order valence-corrected chi connectivity index (χ2v) is 7.29. The zero-order valence-electron chi connectivity index (χ0n) is 15.3. The molecule has 2 aliphatic rings. The average Bonchev–Trinajstić information content (AvgIpc) is 3.28. The van der Waals surface area contributed by atoms with E-state index in [0.29, 0.717) is 17.8 Å². The smallest absolute Gasteiger partial charge is 0.269 e. The minimum Gasteiger partial charge on any atom is -0.342 e. The molecule has 1 fully saturated rings. The van der Waals surface area contributed by atoms with E-state index in [0.717, 1.165) is 0 Å². The third-order valence-corrected chi connectivity index (χ3v) is 5.37. The first-order chi connectivity index (χ1) is 13.8. The summed E-state index contributed by atoms with van der Waals surface area (Å²) in [7, 11) is 0. The Morgan fingerprint density at radius 3 is 2.90 bits per heavy atom. The van der Waals surface area contributed by atoms with Gasteiger partial charge in [-0.2, -0.15) is 5.10 Å². The number of rotatable bonds is 4. The van der Waals surface area contributed by atoms with Crippen molar-refractivity contribution in [3.05, 3.63) is 47.4 Å². The number of hydrogen-bond acceptors (Lipinski definition) is 4. The number of carbonyl (C=O) groups excluding carboxylic acids is 1. The van der Waals surface area contributed by atoms with Crippen LogP contribution in [0, 0.1) is 0 Å². The van der Waals surface area contributed by atoms with Crippen molar-refractivity contribution >= 4 is 17.1 Å². The number of amides is 1. The van der Waals surface area contributed by atoms with E-state index in [4.69, 9.17) is 5.73 Å². The summed E-state index contributed by atoms with van der Waals surface area (Å²) in [5.74, 6) is -3.96. The van der Waals surface area contributed by atoms with E-state index in [1.807, 2.05) is 0 Å². The number of aromatic nitrogens is 3. The number of nitrogens with one attached hydrogen (secondary N) is 1. The number of hydrogen-bond donors (Lipinski definition) is 2. The van der Waals surface area contributed by atoms with Crippen LogP contribution in [0.25, 0.3) is 11.2 Å². The van der Waals surface area contributed by atoms with Crippen LogP contribution >= 0.6 is 0 Å². The molecule has 0 radical (unpaired) electrons. The topological polar surface area (TPSA) is 85.3 Å². The lowest BCUT2D eigenvalue weighted by atomic mass is 9.87. The van der Waals surface area contributed by atoms with E-state index in [1.165, 1.54) is 23.0 Å². The monoisotopic (exact) mass is 409 g/mol. The van der Waals surface area contributed by atoms with Crippen LogP contribution in [0.3, 0.4) is 0 Å². The summed E-state index contributed by atoms with van der Waals surface area (Å²) in [5.41, 5.74) is 6.37. The highest BCUT2D eigenvalue weighted by Crippen LogP contribution is 2.37. The highest BCUT2D eigenvalue weighted by molar-refractivity contribution is 6.00. The molecular weight excluding hydrogens is 390 g/mol. The lowest BCUT2D eigenvalue weighted by molar-refractivity contribution is -0.125. The van der Waals surface area contributed by atoms with Gasteiger partial charge in [-0.05, 0) is 31.1 Å². The standard InChI is InChI=1S/C19H19F4N5O/c20-17(21)12-8-10(18(29)27-16-13(24)3-1-5-19(16,22)23)7-11(12)14-9-25-15-4-2-6-26-28(14)15/h2,4,6-7,9,13,16-17H,1,3,5,8,24H2,(H,27,29)/t13-,16+/m0/s1. The molecular formula is C19H19F4N5O. The van der Waals surface area contributed by atoms with Crippen molar-refractivity contribution in [1.29, 1.82) is 0 Å². The van der Waals surface area contributed by atoms with Crippen molar-refractivity contribution in [3.63, 3.8) is 0 Å². The summed E-state index contributed by atoms with van der Waals surface area (Å²) in [6, 6.07) is 0.902. The van der Waals surface area contributed by atoms with Gasteiger partial charge in [0, 0.05) is 41.8 Å². The Balaban J connectivity index is 1.63. The Morgan fingerprint density at radius 1 is 1.38 bits per heavy atom. The maximum Gasteiger partial charge on any atom is 0.269 e. The van der Waals surface area contributed by atoms with Crippen molar-refractivity contribution in [1.82, 2.24) is 19.9 Å². The van der Waals surface area contributed by atoms with Crippen LogP contribution in [0.1, 0.15) is 31.4 Å². The van der Waals surface area contributed by atoms with Gasteiger partial charge in [-0.3, -0.25) is 4.79 Å². The Bertz CT molecular complexity index is 1010. The summed E-state index contributed by atoms with van der Waals surface area (Å²) < 4.78 is 57.1. The third-order valence-electron chi connectivity index (χ3n) is 5.37. The number of nitrogens with zero attached hydrogens (tertiary/aromatic N) is 3. The second-order valence-electron chi connectivity index (χ2n) is 7.29. The maximum atomic E-state index is 14.2. The Hall–Kier alpha value is -2.75. The molecule has 2 atom stereocenters. The van der Waals surface area contributed by atoms with Crippen molar-refractivity contribution < 1.29 is 22.4 Å². The molecule has 154 valence electrons. The van der Waals surface area contributed by atoms with E-state index < -0.39 is 30.3 Å². The van der Waals surface area contributed by atoms with Crippen LogP contribution in [0.5, 0.6) is 0 Å². The van der Waals surface area contributed by atoms with Gasteiger partial charge in [0.15, 0.2) is 5.65 Å². The molecule has 0 saturated heterocycles. The summed E-state index contributed by atoms with van der Waals surface area (Å²) in [4.78, 5) is 16.7. The van der Waals surface area contributed by atoms with Crippen LogP contribution in [-0.2, 0) is 4.79 Å². The van der Waals surface area contributed by atoms with Gasteiger partial charge >= 0.3 is 0 Å². The molecule has 3 N–H and O–H groups in total. The van der Waals surface area contributed by atoms with Crippen molar-refractivity contribution in [2.75, 3.05) is 0 Å². The Labute approximate surface area is 163 Å². The zero-order chi connectivity index (χ0) is 20.8. The first kappa shape index (κ1) is 19.6. The SMILES string of the molecule is N[C@H]1CCCC(F)(F)[C@@H]1NC(=O)C1=CC(c2cnc3cccnn23)=C(C(F)F)C1. The summed E-state index contributed by atoms with van der Waals surface area (Å²) >= 11 is 0. The molecule has 0 unspecified atom stereocenters. The highest BCUT2D eigenvalue weighted by atomic mass is 19.3. The van der Waals surface area contributed by atoms with E-state index in [2.05, 4.69) is 15.4 Å². The number of imidazole rings is 1. The zero-order valence-corrected chi connectivity index (χ0v) is 15.3. The lowest BCUT2D eigenvalue weighted by Crippen LogP contribution is -2.59. The van der Waals surface area contributed by atoms with Gasteiger partial charge in [0.1, 0.15) is 6.04 Å². The van der Waals surface area contributed by atoms with Crippen LogP contribution < -0.4 is 11.1 Å². The summed E-state index contributed by atoms with van der Waals surface area (Å²) in [6.07, 6.45) is 1.27. The molecule has 0 aliphatic heterocycles. The summed E-state index contributed by atoms with van der Waals surface area (Å²) in [6.45, 7) is 0. The lowest BCUT2D eigenvalue weighted by Gasteiger charge is -2.36. The van der Waals surface area contributed by atoms with Gasteiger partial charge < -0.3 is 11.1 Å². The van der Waals surface area contributed by atoms with E-state index in [9.17, 15) is 22.4 Å². The first-order valence-corrected chi connectivity index (χ1v) is 9.23. The summed E-state index contributed by atoms with van der Waals surface area (Å²) in [5, 5.41) is 6.37. The molecule has 0 aromatic carbocycles. The molecule has 10 heteroatoms. The fourth-order valence-electron chi connectivity index (χ4n) is 3.87. The van der Waals surface area contributed by atoms with Crippen LogP contribution in [-0.4, -0.2) is 44.9 Å². The van der Waals surface area contributed by atoms with Gasteiger partial charge in [-0.1, -0.05) is 0 Å². The van der Waals surface area contributed by atoms with Crippen molar-refractivity contribution in [2.45, 2.75) is 50.1 Å². The number of alkyl halides is 4. The van der Waals surface area contributed by atoms with E-state index in [-0.39, 0.29) is 36.0 Å². The molecule has 2 aromatic rings. The van der Waals surface area contributed by atoms with Crippen LogP contribution in [0.4, 0.5) is 17.6 Å². The van der Waals surface area contributed by atoms with Gasteiger partial charge in [0.25, 0.3) is 12.3 Å². The molecule has 0 spiro atoms. The number of halogens is 4. The van der Waals surface area contributed by atoms with Gasteiger partial charge in [0.2, 0.25) is 5.91 Å². The number of carbonyl (C=O) groups is 1. The fraction of sp³-hybridized carbons (Fsp3) is 0.421. The molecule has 2 aliphatic carbocycles. The van der Waals surface area contributed by atoms with Crippen molar-refractivity contribution in [2.24, 2.45) is 5.73 Å². The molecule has 29 heavy (non-hydrogen) atoms. The van der Waals surface area contributed by atoms with Crippen molar-refractivity contribution in [3.8, 4) is 0 Å². The Kier molecular flexibility index (Phi) is 4.89. The fourth-order valence-corrected chi connectivity index (χ4v) is 3.87. The normalized spacial score (nSPS) is 24.3. The minimum atomic E-state index is -3.14. The van der Waals surface area contributed by atoms with E-state index >= 15 is 0 Å². The molecule has 6 nitrogen and oxygen atoms in total. The number of allylic oxidation sites excluding steroid dienone is 3. The quantitative estimate of drug-likeness (QED) is 0.761. The maximum absolute atomic E-state index is 14.2. The minimum absolute atomic E-state index is 0.0187. The molecule has 2 aromatic heterocycles. The predicted molar refractivity (Wildman–Crippen MR) is 97.3 cm³/mol. The van der Waals surface area contributed by atoms with Crippen LogP contribution in [0.15, 0.2) is 41.7 Å². The van der Waals surface area contributed by atoms with Crippen LogP contribution in [0.2, 0.25) is 0 Å². The predicted octanol–water partition coefficient (Wildman–Crippen LogP) is 2.71. The molecule has 2 heterocycles. The second kappa shape index (κ2) is 7.25. The van der Waals surface area contributed by atoms with Gasteiger partial charge in [-0.25, -0.2) is 27.1 Å². The van der Waals surface area contributed by atoms with Gasteiger partial charge in [-0.15, -0.1) is 0 Å². The molecule has 1 saturated carbocycles. The Morgan fingerprint density at radius 2 is 2.17 bits per heavy atom.